The monoisotopic (exact) mass is 479 g/mol. The minimum absolute atomic E-state index is 0.160. The number of aromatic nitrogens is 2. The average Bonchev–Trinajstić information content (AvgIpc) is 3.34. The highest BCUT2D eigenvalue weighted by molar-refractivity contribution is 5.18. The van der Waals surface area contributed by atoms with Crippen molar-refractivity contribution in [2.24, 2.45) is 5.73 Å². The third-order valence-corrected chi connectivity index (χ3v) is 6.61. The SMILES string of the molecule is Cc1cn([C@@H]2O[C@@]3(COCc4ccccc4)[C@@H](CN)OC2[C@@H]3OCc2ccccc2)c(=O)[nH]c1=O. The fraction of sp³-hybridized carbons (Fsp3) is 0.385. The van der Waals surface area contributed by atoms with Crippen LogP contribution in [0.2, 0.25) is 0 Å². The van der Waals surface area contributed by atoms with Crippen molar-refractivity contribution in [3.05, 3.63) is 104 Å². The van der Waals surface area contributed by atoms with E-state index < -0.39 is 41.4 Å². The molecule has 0 aliphatic carbocycles. The molecular formula is C26H29N3O6. The number of H-pyrrole nitrogens is 1. The molecule has 5 rings (SSSR count). The van der Waals surface area contributed by atoms with Gasteiger partial charge in [-0.15, -0.1) is 0 Å². The predicted octanol–water partition coefficient (Wildman–Crippen LogP) is 1.64. The van der Waals surface area contributed by atoms with Gasteiger partial charge in [-0.25, -0.2) is 4.79 Å². The lowest BCUT2D eigenvalue weighted by molar-refractivity contribution is -0.228. The van der Waals surface area contributed by atoms with Crippen LogP contribution in [0.3, 0.4) is 0 Å². The predicted molar refractivity (Wildman–Crippen MR) is 128 cm³/mol. The highest BCUT2D eigenvalue weighted by atomic mass is 16.7. The van der Waals surface area contributed by atoms with Crippen LogP contribution in [-0.2, 0) is 32.2 Å². The van der Waals surface area contributed by atoms with Crippen LogP contribution < -0.4 is 17.0 Å². The van der Waals surface area contributed by atoms with E-state index in [1.165, 1.54) is 10.8 Å². The van der Waals surface area contributed by atoms with Gasteiger partial charge in [0.05, 0.1) is 19.8 Å². The Morgan fingerprint density at radius 1 is 1.03 bits per heavy atom. The van der Waals surface area contributed by atoms with Crippen LogP contribution in [0.15, 0.2) is 76.4 Å². The standard InChI is InChI=1S/C26H29N3O6/c1-17-13-29(25(31)28-23(17)30)24-21-22(33-15-19-10-6-3-7-11-19)26(35-24,20(12-27)34-21)16-32-14-18-8-4-2-5-9-18/h2-11,13,20-22,24H,12,14-16,27H2,1H3,(H,28,30,31)/t20-,21?,22+,24-,26+/m1/s1. The molecule has 3 N–H and O–H groups in total. The summed E-state index contributed by atoms with van der Waals surface area (Å²) in [7, 11) is 0. The lowest BCUT2D eigenvalue weighted by Crippen LogP contribution is -2.55. The summed E-state index contributed by atoms with van der Waals surface area (Å²) in [6, 6.07) is 19.6. The van der Waals surface area contributed by atoms with Crippen molar-refractivity contribution in [2.45, 2.75) is 50.3 Å². The summed E-state index contributed by atoms with van der Waals surface area (Å²) < 4.78 is 26.7. The fourth-order valence-electron chi connectivity index (χ4n) is 4.84. The first-order chi connectivity index (χ1) is 17.0. The lowest BCUT2D eigenvalue weighted by Gasteiger charge is -2.37. The summed E-state index contributed by atoms with van der Waals surface area (Å²) in [6.07, 6.45) is -0.964. The summed E-state index contributed by atoms with van der Waals surface area (Å²) in [6.45, 7) is 2.70. The van der Waals surface area contributed by atoms with Gasteiger partial charge in [-0.2, -0.15) is 0 Å². The Balaban J connectivity index is 1.45. The summed E-state index contributed by atoms with van der Waals surface area (Å²) in [5.74, 6) is 0. The van der Waals surface area contributed by atoms with Crippen LogP contribution in [0.4, 0.5) is 0 Å². The minimum Gasteiger partial charge on any atom is -0.374 e. The van der Waals surface area contributed by atoms with Gasteiger partial charge in [0.25, 0.3) is 5.56 Å². The van der Waals surface area contributed by atoms with Gasteiger partial charge in [0, 0.05) is 18.3 Å². The topological polar surface area (TPSA) is 118 Å². The Hall–Kier alpha value is -3.08. The molecule has 0 spiro atoms. The number of nitrogens with zero attached hydrogens (tertiary/aromatic N) is 1. The van der Waals surface area contributed by atoms with E-state index in [1.807, 2.05) is 60.7 Å². The van der Waals surface area contributed by atoms with Crippen molar-refractivity contribution in [3.8, 4) is 0 Å². The van der Waals surface area contributed by atoms with Gasteiger partial charge in [0.1, 0.15) is 18.3 Å². The first-order valence-electron chi connectivity index (χ1n) is 11.6. The third kappa shape index (κ3) is 4.49. The Morgan fingerprint density at radius 3 is 2.34 bits per heavy atom. The molecule has 5 atom stereocenters. The van der Waals surface area contributed by atoms with E-state index in [9.17, 15) is 9.59 Å². The smallest absolute Gasteiger partial charge is 0.330 e. The first-order valence-corrected chi connectivity index (χ1v) is 11.6. The lowest BCUT2D eigenvalue weighted by atomic mass is 9.93. The Kier molecular flexibility index (Phi) is 6.68. The van der Waals surface area contributed by atoms with Crippen LogP contribution in [0.25, 0.3) is 0 Å². The molecule has 2 bridgehead atoms. The number of aryl methyl sites for hydroxylation is 1. The van der Waals surface area contributed by atoms with E-state index in [2.05, 4.69) is 4.98 Å². The highest BCUT2D eigenvalue weighted by Gasteiger charge is 2.68. The van der Waals surface area contributed by atoms with Crippen molar-refractivity contribution >= 4 is 0 Å². The number of aromatic amines is 1. The van der Waals surface area contributed by atoms with Crippen LogP contribution >= 0.6 is 0 Å². The van der Waals surface area contributed by atoms with E-state index in [0.717, 1.165) is 11.1 Å². The normalized spacial score (nSPS) is 27.4. The molecule has 2 aliphatic rings. The number of hydrogen-bond acceptors (Lipinski definition) is 7. The Bertz CT molecular complexity index is 1260. The zero-order chi connectivity index (χ0) is 24.4. The molecular weight excluding hydrogens is 450 g/mol. The van der Waals surface area contributed by atoms with E-state index >= 15 is 0 Å². The van der Waals surface area contributed by atoms with Crippen molar-refractivity contribution in [2.75, 3.05) is 13.2 Å². The van der Waals surface area contributed by atoms with Crippen LogP contribution in [0.5, 0.6) is 0 Å². The molecule has 0 radical (unpaired) electrons. The molecule has 2 aliphatic heterocycles. The molecule has 2 aromatic carbocycles. The van der Waals surface area contributed by atoms with Crippen molar-refractivity contribution < 1.29 is 18.9 Å². The molecule has 3 heterocycles. The number of nitrogens with one attached hydrogen (secondary N) is 1. The van der Waals surface area contributed by atoms with Crippen molar-refractivity contribution in [1.29, 1.82) is 0 Å². The zero-order valence-corrected chi connectivity index (χ0v) is 19.5. The van der Waals surface area contributed by atoms with Crippen molar-refractivity contribution in [1.82, 2.24) is 9.55 Å². The second kappa shape index (κ2) is 9.88. The van der Waals surface area contributed by atoms with Gasteiger partial charge in [0.15, 0.2) is 11.8 Å². The van der Waals surface area contributed by atoms with Crippen LogP contribution in [0.1, 0.15) is 22.9 Å². The third-order valence-electron chi connectivity index (χ3n) is 6.61. The largest absolute Gasteiger partial charge is 0.374 e. The molecule has 9 heteroatoms. The average molecular weight is 480 g/mol. The van der Waals surface area contributed by atoms with Gasteiger partial charge in [-0.1, -0.05) is 60.7 Å². The molecule has 1 aromatic heterocycles. The summed E-state index contributed by atoms with van der Waals surface area (Å²) in [4.78, 5) is 26.9. The Morgan fingerprint density at radius 2 is 1.69 bits per heavy atom. The molecule has 3 aromatic rings. The summed E-state index contributed by atoms with van der Waals surface area (Å²) >= 11 is 0. The van der Waals surface area contributed by atoms with Gasteiger partial charge < -0.3 is 24.7 Å². The molecule has 2 saturated heterocycles. The Labute approximate surface area is 202 Å². The number of benzene rings is 2. The maximum atomic E-state index is 12.7. The molecule has 184 valence electrons. The molecule has 1 unspecified atom stereocenters. The van der Waals surface area contributed by atoms with E-state index in [-0.39, 0.29) is 13.2 Å². The maximum absolute atomic E-state index is 12.7. The quantitative estimate of drug-likeness (QED) is 0.479. The van der Waals surface area contributed by atoms with Gasteiger partial charge >= 0.3 is 5.69 Å². The first kappa shape index (κ1) is 23.7. The van der Waals surface area contributed by atoms with E-state index in [1.54, 1.807) is 6.92 Å². The molecule has 35 heavy (non-hydrogen) atoms. The highest BCUT2D eigenvalue weighted by Crippen LogP contribution is 2.50. The van der Waals surface area contributed by atoms with Gasteiger partial charge in [-0.05, 0) is 18.1 Å². The number of nitrogens with two attached hydrogens (primary N) is 1. The van der Waals surface area contributed by atoms with E-state index in [0.29, 0.717) is 18.8 Å². The molecule has 9 nitrogen and oxygen atoms in total. The number of fused-ring (bicyclic) bond motifs is 2. The van der Waals surface area contributed by atoms with Gasteiger partial charge in [-0.3, -0.25) is 14.3 Å². The summed E-state index contributed by atoms with van der Waals surface area (Å²) in [5.41, 5.74) is 6.45. The number of hydrogen-bond donors (Lipinski definition) is 2. The van der Waals surface area contributed by atoms with Crippen LogP contribution in [0, 0.1) is 6.92 Å². The molecule has 0 amide bonds. The summed E-state index contributed by atoms with van der Waals surface area (Å²) in [5, 5.41) is 0. The zero-order valence-electron chi connectivity index (χ0n) is 19.5. The second-order valence-electron chi connectivity index (χ2n) is 8.96. The minimum atomic E-state index is -1.03. The van der Waals surface area contributed by atoms with E-state index in [4.69, 9.17) is 24.7 Å². The molecule has 0 saturated carbocycles. The second-order valence-corrected chi connectivity index (χ2v) is 8.96. The fourth-order valence-corrected chi connectivity index (χ4v) is 4.84. The number of rotatable bonds is 9. The van der Waals surface area contributed by atoms with Gasteiger partial charge in [0.2, 0.25) is 0 Å². The number of ether oxygens (including phenoxy) is 4. The maximum Gasteiger partial charge on any atom is 0.330 e. The molecule has 2 fully saturated rings. The van der Waals surface area contributed by atoms with Crippen molar-refractivity contribution in [3.63, 3.8) is 0 Å². The van der Waals surface area contributed by atoms with Crippen LogP contribution in [-0.4, -0.2) is 46.6 Å².